The second-order valence-corrected chi connectivity index (χ2v) is 5.90. The number of hydrogen-bond donors (Lipinski definition) is 1. The van der Waals surface area contributed by atoms with Gasteiger partial charge >= 0.3 is 0 Å². The van der Waals surface area contributed by atoms with Crippen molar-refractivity contribution < 1.29 is 19.1 Å². The highest BCUT2D eigenvalue weighted by molar-refractivity contribution is 8.14. The first-order chi connectivity index (χ1) is 11.6. The van der Waals surface area contributed by atoms with Gasteiger partial charge in [0, 0.05) is 24.5 Å². The molecule has 0 radical (unpaired) electrons. The minimum atomic E-state index is -0.208. The molecule has 1 saturated heterocycles. The van der Waals surface area contributed by atoms with E-state index in [1.54, 1.807) is 26.4 Å². The largest absolute Gasteiger partial charge is 0.493 e. The number of carbonyl (C=O) groups is 2. The van der Waals surface area contributed by atoms with Crippen LogP contribution in [0.4, 0.5) is 10.6 Å². The average molecular weight is 348 g/mol. The molecule has 0 spiro atoms. The minimum absolute atomic E-state index is 0.161. The van der Waals surface area contributed by atoms with E-state index in [9.17, 15) is 9.59 Å². The van der Waals surface area contributed by atoms with Gasteiger partial charge in [-0.2, -0.15) is 0 Å². The van der Waals surface area contributed by atoms with E-state index in [-0.39, 0.29) is 16.9 Å². The Bertz CT molecular complexity index is 782. The molecule has 0 aliphatic carbocycles. The Morgan fingerprint density at radius 3 is 2.62 bits per heavy atom. The van der Waals surface area contributed by atoms with E-state index in [4.69, 9.17) is 9.47 Å². The summed E-state index contributed by atoms with van der Waals surface area (Å²) in [5, 5.41) is 3.70. The van der Waals surface area contributed by atoms with Crippen molar-refractivity contribution in [2.24, 2.45) is 0 Å². The summed E-state index contributed by atoms with van der Waals surface area (Å²) in [7, 11) is 3.12. The minimum Gasteiger partial charge on any atom is -0.493 e. The molecule has 1 N–H and O–H groups in total. The number of anilines is 1. The highest BCUT2D eigenvalue weighted by atomic mass is 32.2. The van der Waals surface area contributed by atoms with Gasteiger partial charge in [-0.15, -0.1) is 0 Å². The molecule has 8 nitrogen and oxygen atoms in total. The number of imide groups is 1. The third kappa shape index (κ3) is 3.07. The lowest BCUT2D eigenvalue weighted by Crippen LogP contribution is -2.33. The number of hydrogen-bond acceptors (Lipinski definition) is 8. The molecule has 2 amide bonds. The summed E-state index contributed by atoms with van der Waals surface area (Å²) in [5.74, 6) is 1.81. The molecule has 1 aromatic heterocycles. The van der Waals surface area contributed by atoms with Crippen molar-refractivity contribution in [3.05, 3.63) is 18.5 Å². The number of aromatic nitrogens is 2. The van der Waals surface area contributed by atoms with Crippen LogP contribution in [-0.4, -0.2) is 59.1 Å². The van der Waals surface area contributed by atoms with Gasteiger partial charge in [0.15, 0.2) is 11.5 Å². The van der Waals surface area contributed by atoms with Crippen LogP contribution >= 0.6 is 11.8 Å². The van der Waals surface area contributed by atoms with Crippen molar-refractivity contribution in [2.45, 2.75) is 0 Å². The third-order valence-corrected chi connectivity index (χ3v) is 4.47. The number of amides is 2. The van der Waals surface area contributed by atoms with Crippen molar-refractivity contribution in [3.63, 3.8) is 0 Å². The highest BCUT2D eigenvalue weighted by Gasteiger charge is 2.29. The van der Waals surface area contributed by atoms with Crippen molar-refractivity contribution in [2.75, 3.05) is 38.4 Å². The van der Waals surface area contributed by atoms with Crippen molar-refractivity contribution in [1.82, 2.24) is 14.9 Å². The lowest BCUT2D eigenvalue weighted by atomic mass is 10.2. The maximum atomic E-state index is 11.6. The van der Waals surface area contributed by atoms with Gasteiger partial charge in [-0.05, 0) is 6.07 Å². The van der Waals surface area contributed by atoms with Crippen LogP contribution in [0.25, 0.3) is 10.9 Å². The molecule has 1 aliphatic rings. The fraction of sp³-hybridized carbons (Fsp3) is 0.333. The average Bonchev–Trinajstić information content (AvgIpc) is 2.92. The van der Waals surface area contributed by atoms with Crippen molar-refractivity contribution in [1.29, 1.82) is 0 Å². The normalized spacial score (nSPS) is 14.3. The molecular formula is C15H16N4O4S. The maximum absolute atomic E-state index is 11.6. The Morgan fingerprint density at radius 1 is 1.21 bits per heavy atom. The summed E-state index contributed by atoms with van der Waals surface area (Å²) in [6.45, 7) is 0.696. The molecule has 0 atom stereocenters. The molecule has 126 valence electrons. The van der Waals surface area contributed by atoms with Crippen LogP contribution in [0.15, 0.2) is 18.5 Å². The summed E-state index contributed by atoms with van der Waals surface area (Å²) in [6.07, 6.45) is 1.44. The molecule has 0 unspecified atom stereocenters. The molecule has 1 fully saturated rings. The van der Waals surface area contributed by atoms with Crippen molar-refractivity contribution in [3.8, 4) is 11.5 Å². The summed E-state index contributed by atoms with van der Waals surface area (Å²) >= 11 is 1.02. The zero-order valence-corrected chi connectivity index (χ0v) is 14.1. The number of nitrogens with one attached hydrogen (secondary N) is 1. The fourth-order valence-corrected chi connectivity index (χ4v) is 3.16. The molecule has 0 saturated carbocycles. The quantitative estimate of drug-likeness (QED) is 0.844. The Morgan fingerprint density at radius 2 is 1.96 bits per heavy atom. The lowest BCUT2D eigenvalue weighted by molar-refractivity contribution is -0.124. The van der Waals surface area contributed by atoms with Gasteiger partial charge in [0.1, 0.15) is 12.1 Å². The number of nitrogens with zero attached hydrogens (tertiary/aromatic N) is 3. The Balaban J connectivity index is 1.79. The lowest BCUT2D eigenvalue weighted by Gasteiger charge is -2.15. The van der Waals surface area contributed by atoms with Crippen LogP contribution in [0.1, 0.15) is 0 Å². The molecule has 1 aromatic carbocycles. The highest BCUT2D eigenvalue weighted by Crippen LogP contribution is 2.33. The first-order valence-corrected chi connectivity index (χ1v) is 8.20. The van der Waals surface area contributed by atoms with Crippen LogP contribution < -0.4 is 14.8 Å². The Kier molecular flexibility index (Phi) is 4.70. The first-order valence-electron chi connectivity index (χ1n) is 7.21. The zero-order valence-electron chi connectivity index (χ0n) is 13.2. The van der Waals surface area contributed by atoms with Crippen LogP contribution in [0, 0.1) is 0 Å². The number of fused-ring (bicyclic) bond motifs is 1. The maximum Gasteiger partial charge on any atom is 0.288 e. The van der Waals surface area contributed by atoms with Gasteiger partial charge in [-0.3, -0.25) is 14.5 Å². The van der Waals surface area contributed by atoms with E-state index < -0.39 is 0 Å². The number of ether oxygens (including phenoxy) is 2. The van der Waals surface area contributed by atoms with Crippen LogP contribution in [0.2, 0.25) is 0 Å². The van der Waals surface area contributed by atoms with E-state index in [2.05, 4.69) is 15.3 Å². The van der Waals surface area contributed by atoms with Gasteiger partial charge in [-0.1, -0.05) is 11.8 Å². The standard InChI is InChI=1S/C15H16N4O4S/c1-22-11-5-9-10(6-12(11)23-2)17-8-18-14(9)16-3-4-19-13(20)7-24-15(19)21/h5-6,8H,3-4,7H2,1-2H3,(H,16,17,18). The smallest absolute Gasteiger partial charge is 0.288 e. The van der Waals surface area contributed by atoms with Gasteiger partial charge < -0.3 is 14.8 Å². The van der Waals surface area contributed by atoms with Crippen molar-refractivity contribution >= 4 is 39.6 Å². The summed E-state index contributed by atoms with van der Waals surface area (Å²) in [5.41, 5.74) is 0.703. The van der Waals surface area contributed by atoms with Crippen LogP contribution in [0.3, 0.4) is 0 Å². The second kappa shape index (κ2) is 6.91. The molecule has 24 heavy (non-hydrogen) atoms. The monoisotopic (exact) mass is 348 g/mol. The molecule has 2 heterocycles. The second-order valence-electron chi connectivity index (χ2n) is 4.97. The summed E-state index contributed by atoms with van der Waals surface area (Å²) in [4.78, 5) is 32.9. The number of rotatable bonds is 6. The molecular weight excluding hydrogens is 332 g/mol. The molecule has 0 bridgehead atoms. The SMILES string of the molecule is COc1cc2ncnc(NCCN3C(=O)CSC3=O)c2cc1OC. The number of benzene rings is 1. The van der Waals surface area contributed by atoms with Crippen LogP contribution in [0.5, 0.6) is 11.5 Å². The van der Waals surface area contributed by atoms with Gasteiger partial charge in [-0.25, -0.2) is 9.97 Å². The Labute approximate surface area is 142 Å². The third-order valence-electron chi connectivity index (χ3n) is 3.61. The van der Waals surface area contributed by atoms with E-state index in [0.717, 1.165) is 17.1 Å². The molecule has 1 aliphatic heterocycles. The molecule has 9 heteroatoms. The molecule has 2 aromatic rings. The topological polar surface area (TPSA) is 93.7 Å². The number of thioether (sulfide) groups is 1. The zero-order chi connectivity index (χ0) is 17.1. The predicted octanol–water partition coefficient (Wildman–Crippen LogP) is 1.75. The molecule has 3 rings (SSSR count). The Hall–Kier alpha value is -2.55. The number of methoxy groups -OCH3 is 2. The summed E-state index contributed by atoms with van der Waals surface area (Å²) in [6, 6.07) is 3.56. The first kappa shape index (κ1) is 16.3. The summed E-state index contributed by atoms with van der Waals surface area (Å²) < 4.78 is 10.6. The van der Waals surface area contributed by atoms with E-state index in [1.165, 1.54) is 11.2 Å². The van der Waals surface area contributed by atoms with Gasteiger partial charge in [0.25, 0.3) is 5.24 Å². The van der Waals surface area contributed by atoms with Gasteiger partial charge in [0.05, 0.1) is 25.5 Å². The number of carbonyl (C=O) groups excluding carboxylic acids is 2. The van der Waals surface area contributed by atoms with E-state index in [1.807, 2.05) is 0 Å². The van der Waals surface area contributed by atoms with E-state index in [0.29, 0.717) is 35.9 Å². The predicted molar refractivity (Wildman–Crippen MR) is 90.7 cm³/mol. The van der Waals surface area contributed by atoms with Crippen LogP contribution in [-0.2, 0) is 4.79 Å². The van der Waals surface area contributed by atoms with Gasteiger partial charge in [0.2, 0.25) is 5.91 Å². The van der Waals surface area contributed by atoms with E-state index >= 15 is 0 Å². The fourth-order valence-electron chi connectivity index (χ4n) is 2.41.